The molecular weight excluding hydrogens is 378 g/mol. The lowest BCUT2D eigenvalue weighted by Gasteiger charge is -2.50. The number of ether oxygens (including phenoxy) is 2. The third-order valence-corrected chi connectivity index (χ3v) is 6.63. The summed E-state index contributed by atoms with van der Waals surface area (Å²) in [5, 5.41) is 3.53. The van der Waals surface area contributed by atoms with Gasteiger partial charge in [0, 0.05) is 45.3 Å². The minimum absolute atomic E-state index is 0.110. The predicted molar refractivity (Wildman–Crippen MR) is 120 cm³/mol. The van der Waals surface area contributed by atoms with Gasteiger partial charge in [-0.2, -0.15) is 0 Å². The van der Waals surface area contributed by atoms with Crippen molar-refractivity contribution < 1.29 is 14.3 Å². The van der Waals surface area contributed by atoms with E-state index < -0.39 is 0 Å². The van der Waals surface area contributed by atoms with Crippen LogP contribution in [0.1, 0.15) is 56.6 Å². The first kappa shape index (κ1) is 23.0. The van der Waals surface area contributed by atoms with E-state index in [1.165, 1.54) is 24.0 Å². The van der Waals surface area contributed by atoms with Crippen molar-refractivity contribution in [1.29, 1.82) is 0 Å². The number of amides is 1. The SMILES string of the molecule is COc1ccc(C(C)C)cc1CN1CCO[C@@]2(CCCC[C@H]2NCC(=O)N(C)C)C1. The second-order valence-corrected chi connectivity index (χ2v) is 9.32. The Morgan fingerprint density at radius 2 is 2.17 bits per heavy atom. The van der Waals surface area contributed by atoms with Crippen molar-refractivity contribution in [3.05, 3.63) is 29.3 Å². The first-order valence-corrected chi connectivity index (χ1v) is 11.3. The number of morpholine rings is 1. The Balaban J connectivity index is 1.73. The Morgan fingerprint density at radius 1 is 1.37 bits per heavy atom. The van der Waals surface area contributed by atoms with Gasteiger partial charge in [-0.25, -0.2) is 0 Å². The highest BCUT2D eigenvalue weighted by Crippen LogP contribution is 2.36. The summed E-state index contributed by atoms with van der Waals surface area (Å²) in [6, 6.07) is 6.76. The van der Waals surface area contributed by atoms with Crippen LogP contribution in [0.15, 0.2) is 18.2 Å². The van der Waals surface area contributed by atoms with Crippen molar-refractivity contribution in [2.45, 2.75) is 63.6 Å². The van der Waals surface area contributed by atoms with E-state index in [9.17, 15) is 4.79 Å². The number of benzene rings is 1. The molecule has 3 rings (SSSR count). The van der Waals surface area contributed by atoms with E-state index in [1.807, 2.05) is 0 Å². The van der Waals surface area contributed by atoms with Gasteiger partial charge in [0.25, 0.3) is 0 Å². The molecule has 1 aromatic carbocycles. The fourth-order valence-electron chi connectivity index (χ4n) is 4.77. The minimum Gasteiger partial charge on any atom is -0.496 e. The van der Waals surface area contributed by atoms with Crippen LogP contribution in [0.3, 0.4) is 0 Å². The molecule has 6 nitrogen and oxygen atoms in total. The van der Waals surface area contributed by atoms with Crippen molar-refractivity contribution in [2.24, 2.45) is 0 Å². The number of likely N-dealkylation sites (N-methyl/N-ethyl adjacent to an activating group) is 1. The fourth-order valence-corrected chi connectivity index (χ4v) is 4.77. The maximum atomic E-state index is 12.1. The Kier molecular flexibility index (Phi) is 7.77. The van der Waals surface area contributed by atoms with Gasteiger partial charge in [-0.15, -0.1) is 0 Å². The highest BCUT2D eigenvalue weighted by Gasteiger charge is 2.45. The van der Waals surface area contributed by atoms with E-state index in [4.69, 9.17) is 9.47 Å². The fraction of sp³-hybridized carbons (Fsp3) is 0.708. The van der Waals surface area contributed by atoms with E-state index >= 15 is 0 Å². The quantitative estimate of drug-likeness (QED) is 0.739. The van der Waals surface area contributed by atoms with Crippen molar-refractivity contribution >= 4 is 5.91 Å². The van der Waals surface area contributed by atoms with Crippen molar-refractivity contribution in [3.63, 3.8) is 0 Å². The van der Waals surface area contributed by atoms with E-state index in [0.29, 0.717) is 12.5 Å². The molecule has 0 unspecified atom stereocenters. The van der Waals surface area contributed by atoms with Gasteiger partial charge in [-0.3, -0.25) is 9.69 Å². The third-order valence-electron chi connectivity index (χ3n) is 6.63. The molecule has 1 aromatic rings. The number of nitrogens with zero attached hydrogens (tertiary/aromatic N) is 2. The summed E-state index contributed by atoms with van der Waals surface area (Å²) in [6.07, 6.45) is 4.46. The Labute approximate surface area is 181 Å². The van der Waals surface area contributed by atoms with E-state index in [0.717, 1.165) is 44.8 Å². The molecule has 0 bridgehead atoms. The summed E-state index contributed by atoms with van der Waals surface area (Å²) < 4.78 is 12.1. The summed E-state index contributed by atoms with van der Waals surface area (Å²) in [7, 11) is 5.36. The van der Waals surface area contributed by atoms with Gasteiger partial charge in [0.05, 0.1) is 25.9 Å². The molecule has 1 amide bonds. The van der Waals surface area contributed by atoms with E-state index in [-0.39, 0.29) is 17.6 Å². The summed E-state index contributed by atoms with van der Waals surface area (Å²) in [5.74, 6) is 1.56. The first-order valence-electron chi connectivity index (χ1n) is 11.3. The monoisotopic (exact) mass is 417 g/mol. The second kappa shape index (κ2) is 10.1. The van der Waals surface area contributed by atoms with Crippen LogP contribution < -0.4 is 10.1 Å². The molecule has 1 spiro atoms. The summed E-state index contributed by atoms with van der Waals surface area (Å²) in [4.78, 5) is 16.3. The van der Waals surface area contributed by atoms with Gasteiger partial charge in [0.15, 0.2) is 0 Å². The molecular formula is C24H39N3O3. The number of hydrogen-bond acceptors (Lipinski definition) is 5. The maximum absolute atomic E-state index is 12.1. The molecule has 1 aliphatic carbocycles. The molecule has 30 heavy (non-hydrogen) atoms. The largest absolute Gasteiger partial charge is 0.496 e. The van der Waals surface area contributed by atoms with Gasteiger partial charge in [0.2, 0.25) is 5.91 Å². The molecule has 1 saturated heterocycles. The molecule has 2 fully saturated rings. The van der Waals surface area contributed by atoms with Crippen LogP contribution in [0, 0.1) is 0 Å². The smallest absolute Gasteiger partial charge is 0.236 e. The Bertz CT molecular complexity index is 718. The number of nitrogens with one attached hydrogen (secondary N) is 1. The van der Waals surface area contributed by atoms with Crippen LogP contribution in [0.5, 0.6) is 5.75 Å². The van der Waals surface area contributed by atoms with Gasteiger partial charge in [-0.05, 0) is 30.4 Å². The molecule has 0 radical (unpaired) electrons. The number of hydrogen-bond donors (Lipinski definition) is 1. The lowest BCUT2D eigenvalue weighted by atomic mass is 9.78. The van der Waals surface area contributed by atoms with Crippen molar-refractivity contribution in [3.8, 4) is 5.75 Å². The number of methoxy groups -OCH3 is 1. The summed E-state index contributed by atoms with van der Waals surface area (Å²) in [5.41, 5.74) is 2.36. The zero-order valence-corrected chi connectivity index (χ0v) is 19.4. The van der Waals surface area contributed by atoms with Crippen LogP contribution in [0.25, 0.3) is 0 Å². The molecule has 1 saturated carbocycles. The molecule has 1 aliphatic heterocycles. The van der Waals surface area contributed by atoms with Gasteiger partial charge >= 0.3 is 0 Å². The number of carbonyl (C=O) groups is 1. The van der Waals surface area contributed by atoms with Crippen molar-refractivity contribution in [1.82, 2.24) is 15.1 Å². The second-order valence-electron chi connectivity index (χ2n) is 9.32. The highest BCUT2D eigenvalue weighted by atomic mass is 16.5. The summed E-state index contributed by atoms with van der Waals surface area (Å²) in [6.45, 7) is 8.21. The van der Waals surface area contributed by atoms with Crippen LogP contribution in [0.4, 0.5) is 0 Å². The standard InChI is InChI=1S/C24H39N3O3/c1-18(2)19-9-10-21(29-5)20(14-19)16-27-12-13-30-24(17-27)11-7-6-8-22(24)25-15-23(28)26(3)4/h9-10,14,18,22,25H,6-8,11-13,15-17H2,1-5H3/t22-,24+/m1/s1. The molecule has 6 heteroatoms. The van der Waals surface area contributed by atoms with E-state index in [1.54, 1.807) is 26.1 Å². The molecule has 1 heterocycles. The third kappa shape index (κ3) is 5.34. The van der Waals surface area contributed by atoms with Crippen LogP contribution >= 0.6 is 0 Å². The zero-order valence-electron chi connectivity index (χ0n) is 19.4. The zero-order chi connectivity index (χ0) is 21.7. The molecule has 168 valence electrons. The molecule has 0 aromatic heterocycles. The molecule has 2 atom stereocenters. The van der Waals surface area contributed by atoms with Crippen LogP contribution in [-0.2, 0) is 16.1 Å². The van der Waals surface area contributed by atoms with Gasteiger partial charge in [-0.1, -0.05) is 38.8 Å². The normalized spacial score (nSPS) is 24.9. The molecule has 2 aliphatic rings. The van der Waals surface area contributed by atoms with Crippen molar-refractivity contribution in [2.75, 3.05) is 47.4 Å². The molecule has 1 N–H and O–H groups in total. The van der Waals surface area contributed by atoms with Crippen LogP contribution in [-0.4, -0.2) is 74.8 Å². The average molecular weight is 418 g/mol. The maximum Gasteiger partial charge on any atom is 0.236 e. The Hall–Kier alpha value is -1.63. The summed E-state index contributed by atoms with van der Waals surface area (Å²) >= 11 is 0. The average Bonchev–Trinajstić information content (AvgIpc) is 2.73. The van der Waals surface area contributed by atoms with Gasteiger partial charge < -0.3 is 19.7 Å². The van der Waals surface area contributed by atoms with Crippen LogP contribution in [0.2, 0.25) is 0 Å². The Morgan fingerprint density at radius 3 is 2.87 bits per heavy atom. The highest BCUT2D eigenvalue weighted by molar-refractivity contribution is 5.77. The lowest BCUT2D eigenvalue weighted by Crippen LogP contribution is -2.63. The lowest BCUT2D eigenvalue weighted by molar-refractivity contribution is -0.147. The van der Waals surface area contributed by atoms with Gasteiger partial charge in [0.1, 0.15) is 5.75 Å². The topological polar surface area (TPSA) is 54.0 Å². The predicted octanol–water partition coefficient (Wildman–Crippen LogP) is 3.01. The number of carbonyl (C=O) groups excluding carboxylic acids is 1. The number of rotatable bonds is 7. The first-order chi connectivity index (χ1) is 14.3. The van der Waals surface area contributed by atoms with E-state index in [2.05, 4.69) is 42.3 Å². The minimum atomic E-state index is -0.216.